The van der Waals surface area contributed by atoms with E-state index in [-0.39, 0.29) is 17.2 Å². The van der Waals surface area contributed by atoms with Crippen molar-refractivity contribution >= 4 is 27.2 Å². The lowest BCUT2D eigenvalue weighted by Gasteiger charge is -2.23. The van der Waals surface area contributed by atoms with E-state index in [2.05, 4.69) is 0 Å². The van der Waals surface area contributed by atoms with E-state index < -0.39 is 39.7 Å². The summed E-state index contributed by atoms with van der Waals surface area (Å²) in [4.78, 5) is 15.8. The minimum atomic E-state index is -4.57. The van der Waals surface area contributed by atoms with Gasteiger partial charge in [0.25, 0.3) is 0 Å². The van der Waals surface area contributed by atoms with Gasteiger partial charge in [0.05, 0.1) is 35.8 Å². The highest BCUT2D eigenvalue weighted by Gasteiger charge is 2.54. The number of hydrogen-bond donors (Lipinski definition) is 0. The van der Waals surface area contributed by atoms with Crippen molar-refractivity contribution in [1.29, 1.82) is 0 Å². The Hall–Kier alpha value is -2.75. The predicted molar refractivity (Wildman–Crippen MR) is 106 cm³/mol. The average Bonchev–Trinajstić information content (AvgIpc) is 3.10. The minimum Gasteiger partial charge on any atom is -0.494 e. The molecule has 2 aromatic rings. The Morgan fingerprint density at radius 3 is 2.17 bits per heavy atom. The molecule has 0 saturated carbocycles. The van der Waals surface area contributed by atoms with Gasteiger partial charge in [-0.3, -0.25) is 9.80 Å². The Kier molecular flexibility index (Phi) is 4.92. The lowest BCUT2D eigenvalue weighted by molar-refractivity contribution is -0.137. The van der Waals surface area contributed by atoms with Crippen LogP contribution in [0.15, 0.2) is 48.5 Å². The van der Waals surface area contributed by atoms with Crippen molar-refractivity contribution in [3.05, 3.63) is 54.1 Å². The molecule has 4 rings (SSSR count). The monoisotopic (exact) mass is 440 g/mol. The highest BCUT2D eigenvalue weighted by molar-refractivity contribution is 7.91. The molecule has 0 radical (unpaired) electrons. The molecule has 0 spiro atoms. The number of halogens is 3. The van der Waals surface area contributed by atoms with Gasteiger partial charge in [-0.15, -0.1) is 0 Å². The first-order valence-electron chi connectivity index (χ1n) is 9.34. The molecule has 0 bridgehead atoms. The number of ether oxygens (including phenoxy) is 1. The smallest absolute Gasteiger partial charge is 0.416 e. The number of urea groups is 1. The number of anilines is 2. The first-order valence-corrected chi connectivity index (χ1v) is 11.2. The molecule has 2 saturated heterocycles. The van der Waals surface area contributed by atoms with Gasteiger partial charge in [-0.25, -0.2) is 13.2 Å². The molecule has 2 heterocycles. The maximum atomic E-state index is 13.2. The summed E-state index contributed by atoms with van der Waals surface area (Å²) >= 11 is 0. The van der Waals surface area contributed by atoms with Gasteiger partial charge in [0.2, 0.25) is 0 Å². The third-order valence-electron chi connectivity index (χ3n) is 5.25. The van der Waals surface area contributed by atoms with Gasteiger partial charge in [-0.2, -0.15) is 13.2 Å². The molecular weight excluding hydrogens is 421 g/mol. The van der Waals surface area contributed by atoms with E-state index in [1.54, 1.807) is 24.3 Å². The summed E-state index contributed by atoms with van der Waals surface area (Å²) in [5.74, 6) is 0.0532. The summed E-state index contributed by atoms with van der Waals surface area (Å²) in [6.45, 7) is 2.30. The second-order valence-electron chi connectivity index (χ2n) is 7.21. The van der Waals surface area contributed by atoms with E-state index >= 15 is 0 Å². The maximum absolute atomic E-state index is 13.2. The summed E-state index contributed by atoms with van der Waals surface area (Å²) < 4.78 is 69.5. The number of rotatable bonds is 4. The molecule has 0 aromatic heterocycles. The van der Waals surface area contributed by atoms with Crippen LogP contribution >= 0.6 is 0 Å². The molecule has 2 aliphatic rings. The fourth-order valence-corrected chi connectivity index (χ4v) is 5.93. The van der Waals surface area contributed by atoms with Crippen molar-refractivity contribution in [2.24, 2.45) is 0 Å². The number of benzene rings is 2. The highest BCUT2D eigenvalue weighted by Crippen LogP contribution is 2.40. The molecule has 6 nitrogen and oxygen atoms in total. The number of carbonyl (C=O) groups is 1. The molecular formula is C20H19F3N2O4S. The molecule has 0 unspecified atom stereocenters. The molecule has 2 atom stereocenters. The highest BCUT2D eigenvalue weighted by atomic mass is 32.2. The van der Waals surface area contributed by atoms with E-state index in [0.717, 1.165) is 12.1 Å². The Bertz CT molecular complexity index is 1070. The van der Waals surface area contributed by atoms with Crippen molar-refractivity contribution < 1.29 is 31.1 Å². The van der Waals surface area contributed by atoms with Crippen LogP contribution in [0.2, 0.25) is 0 Å². The van der Waals surface area contributed by atoms with Crippen LogP contribution in [0.1, 0.15) is 12.5 Å². The SMILES string of the molecule is CCOc1ccc(N2C(=O)N(c3cccc(C(F)(F)F)c3)[C@@H]3CS(=O)(=O)C[C@@H]32)cc1. The number of amides is 2. The number of fused-ring (bicyclic) bond motifs is 1. The van der Waals surface area contributed by atoms with Crippen LogP contribution in [-0.4, -0.2) is 44.6 Å². The van der Waals surface area contributed by atoms with Crippen molar-refractivity contribution in [2.75, 3.05) is 27.9 Å². The molecule has 10 heteroatoms. The van der Waals surface area contributed by atoms with E-state index in [1.807, 2.05) is 6.92 Å². The van der Waals surface area contributed by atoms with Gasteiger partial charge < -0.3 is 4.74 Å². The lowest BCUT2D eigenvalue weighted by atomic mass is 10.1. The van der Waals surface area contributed by atoms with Crippen LogP contribution in [0.3, 0.4) is 0 Å². The molecule has 2 fully saturated rings. The molecule has 160 valence electrons. The number of carbonyl (C=O) groups excluding carboxylic acids is 1. The summed E-state index contributed by atoms with van der Waals surface area (Å²) in [6, 6.07) is 8.99. The zero-order valence-electron chi connectivity index (χ0n) is 16.0. The van der Waals surface area contributed by atoms with Gasteiger partial charge in [0.15, 0.2) is 9.84 Å². The van der Waals surface area contributed by atoms with Crippen molar-refractivity contribution in [3.63, 3.8) is 0 Å². The second-order valence-corrected chi connectivity index (χ2v) is 9.36. The molecule has 30 heavy (non-hydrogen) atoms. The first-order chi connectivity index (χ1) is 14.1. The van der Waals surface area contributed by atoms with Crippen LogP contribution in [-0.2, 0) is 16.0 Å². The largest absolute Gasteiger partial charge is 0.494 e. The Labute approximate surface area is 171 Å². The topological polar surface area (TPSA) is 66.9 Å². The van der Waals surface area contributed by atoms with Crippen LogP contribution in [0.4, 0.5) is 29.3 Å². The first kappa shape index (κ1) is 20.5. The zero-order chi connectivity index (χ0) is 21.7. The number of sulfone groups is 1. The van der Waals surface area contributed by atoms with Crippen LogP contribution in [0, 0.1) is 0 Å². The number of alkyl halides is 3. The number of hydrogen-bond acceptors (Lipinski definition) is 4. The second kappa shape index (κ2) is 7.19. The maximum Gasteiger partial charge on any atom is 0.416 e. The summed E-state index contributed by atoms with van der Waals surface area (Å²) in [6.07, 6.45) is -4.57. The quantitative estimate of drug-likeness (QED) is 0.680. The Morgan fingerprint density at radius 2 is 1.60 bits per heavy atom. The minimum absolute atomic E-state index is 0.0235. The summed E-state index contributed by atoms with van der Waals surface area (Å²) in [5, 5.41) is 0. The third kappa shape index (κ3) is 3.60. The summed E-state index contributed by atoms with van der Waals surface area (Å²) in [7, 11) is -3.45. The van der Waals surface area contributed by atoms with Gasteiger partial charge in [0.1, 0.15) is 5.75 Å². The van der Waals surface area contributed by atoms with Gasteiger partial charge in [-0.1, -0.05) is 6.07 Å². The number of nitrogens with zero attached hydrogens (tertiary/aromatic N) is 2. The van der Waals surface area contributed by atoms with E-state index in [1.165, 1.54) is 21.9 Å². The van der Waals surface area contributed by atoms with Gasteiger partial charge in [0, 0.05) is 11.4 Å². The van der Waals surface area contributed by atoms with Crippen LogP contribution in [0.5, 0.6) is 5.75 Å². The fraction of sp³-hybridized carbons (Fsp3) is 0.350. The average molecular weight is 440 g/mol. The third-order valence-corrected chi connectivity index (χ3v) is 6.95. The normalized spacial score (nSPS) is 23.0. The van der Waals surface area contributed by atoms with Crippen molar-refractivity contribution in [1.82, 2.24) is 0 Å². The van der Waals surface area contributed by atoms with Crippen molar-refractivity contribution in [3.8, 4) is 5.75 Å². The molecule has 0 N–H and O–H groups in total. The fourth-order valence-electron chi connectivity index (χ4n) is 4.01. The zero-order valence-corrected chi connectivity index (χ0v) is 16.8. The van der Waals surface area contributed by atoms with E-state index in [9.17, 15) is 26.4 Å². The van der Waals surface area contributed by atoms with Gasteiger partial charge >= 0.3 is 12.2 Å². The lowest BCUT2D eigenvalue weighted by Crippen LogP contribution is -2.38. The Balaban J connectivity index is 1.75. The summed E-state index contributed by atoms with van der Waals surface area (Å²) in [5.41, 5.74) is -0.412. The van der Waals surface area contributed by atoms with Gasteiger partial charge in [-0.05, 0) is 49.4 Å². The predicted octanol–water partition coefficient (Wildman–Crippen LogP) is 3.72. The van der Waals surface area contributed by atoms with E-state index in [0.29, 0.717) is 18.0 Å². The molecule has 2 aliphatic heterocycles. The van der Waals surface area contributed by atoms with Crippen LogP contribution < -0.4 is 14.5 Å². The Morgan fingerprint density at radius 1 is 1.00 bits per heavy atom. The molecule has 2 amide bonds. The molecule has 0 aliphatic carbocycles. The standard InChI is InChI=1S/C20H19F3N2O4S/c1-2-29-16-8-6-14(7-9-16)24-17-11-30(27,28)12-18(17)25(19(24)26)15-5-3-4-13(10-15)20(21,22)23/h3-10,17-18H,2,11-12H2,1H3/t17-,18+/m0/s1. The van der Waals surface area contributed by atoms with Crippen LogP contribution in [0.25, 0.3) is 0 Å². The van der Waals surface area contributed by atoms with E-state index in [4.69, 9.17) is 4.74 Å². The molecule has 2 aromatic carbocycles. The van der Waals surface area contributed by atoms with Crippen molar-refractivity contribution in [2.45, 2.75) is 25.2 Å².